The Hall–Kier alpha value is -1.43. The van der Waals surface area contributed by atoms with E-state index < -0.39 is 17.7 Å². The van der Waals surface area contributed by atoms with Gasteiger partial charge in [-0.25, -0.2) is 0 Å². The first-order valence-corrected chi connectivity index (χ1v) is 6.83. The minimum absolute atomic E-state index is 0.0617. The number of rotatable bonds is 8. The summed E-state index contributed by atoms with van der Waals surface area (Å²) in [5, 5.41) is 3.09. The van der Waals surface area contributed by atoms with Gasteiger partial charge in [0.05, 0.1) is 6.04 Å². The van der Waals surface area contributed by atoms with Gasteiger partial charge in [0.2, 0.25) is 5.72 Å². The summed E-state index contributed by atoms with van der Waals surface area (Å²) < 4.78 is 5.35. The fourth-order valence-electron chi connectivity index (χ4n) is 2.18. The zero-order chi connectivity index (χ0) is 15.2. The highest BCUT2D eigenvalue weighted by molar-refractivity contribution is 5.84. The van der Waals surface area contributed by atoms with E-state index in [0.717, 1.165) is 6.42 Å². The second-order valence-corrected chi connectivity index (χ2v) is 5.24. The van der Waals surface area contributed by atoms with Gasteiger partial charge >= 0.3 is 0 Å². The first kappa shape index (κ1) is 16.6. The normalized spacial score (nSPS) is 15.8. The molecule has 0 aliphatic rings. The van der Waals surface area contributed by atoms with Crippen LogP contribution in [0.25, 0.3) is 0 Å². The van der Waals surface area contributed by atoms with Crippen molar-refractivity contribution in [3.63, 3.8) is 0 Å². The number of nitrogens with one attached hydrogen (secondary N) is 1. The Morgan fingerprint density at radius 2 is 1.95 bits per heavy atom. The van der Waals surface area contributed by atoms with Crippen molar-refractivity contribution < 1.29 is 9.53 Å². The molecule has 0 bridgehead atoms. The largest absolute Gasteiger partial charge is 0.366 e. The number of benzene rings is 1. The molecule has 0 heterocycles. The van der Waals surface area contributed by atoms with Gasteiger partial charge in [0, 0.05) is 13.7 Å². The van der Waals surface area contributed by atoms with Crippen molar-refractivity contribution in [3.8, 4) is 0 Å². The van der Waals surface area contributed by atoms with Crippen molar-refractivity contribution in [1.82, 2.24) is 5.32 Å². The van der Waals surface area contributed by atoms with Gasteiger partial charge in [0.15, 0.2) is 0 Å². The number of amides is 1. The van der Waals surface area contributed by atoms with Crippen LogP contribution in [0.5, 0.6) is 0 Å². The van der Waals surface area contributed by atoms with E-state index in [4.69, 9.17) is 16.2 Å². The van der Waals surface area contributed by atoms with E-state index in [0.29, 0.717) is 6.54 Å². The Balaban J connectivity index is 2.73. The van der Waals surface area contributed by atoms with Crippen LogP contribution in [0.15, 0.2) is 30.3 Å². The van der Waals surface area contributed by atoms with E-state index in [9.17, 15) is 4.79 Å². The molecule has 1 rings (SSSR count). The van der Waals surface area contributed by atoms with Crippen LogP contribution in [0.4, 0.5) is 0 Å². The van der Waals surface area contributed by atoms with Gasteiger partial charge in [-0.05, 0) is 17.9 Å². The molecule has 2 atom stereocenters. The molecule has 2 unspecified atom stereocenters. The summed E-state index contributed by atoms with van der Waals surface area (Å²) in [5.74, 6) is -0.527. The van der Waals surface area contributed by atoms with E-state index in [1.165, 1.54) is 12.7 Å². The van der Waals surface area contributed by atoms with Gasteiger partial charge < -0.3 is 16.2 Å². The molecule has 0 aliphatic carbocycles. The van der Waals surface area contributed by atoms with E-state index >= 15 is 0 Å². The maximum atomic E-state index is 11.8. The molecule has 5 nitrogen and oxygen atoms in total. The number of carbonyl (C=O) groups is 1. The van der Waals surface area contributed by atoms with Crippen molar-refractivity contribution in [2.75, 3.05) is 13.7 Å². The maximum absolute atomic E-state index is 11.8. The van der Waals surface area contributed by atoms with Gasteiger partial charge in [-0.2, -0.15) is 0 Å². The van der Waals surface area contributed by atoms with Crippen molar-refractivity contribution in [2.45, 2.75) is 32.0 Å². The smallest absolute Gasteiger partial charge is 0.266 e. The first-order chi connectivity index (χ1) is 9.44. The lowest BCUT2D eigenvalue weighted by atomic mass is 9.92. The SMILES string of the molecule is COC(NCCc1ccccc1)(C(N)=O)C(N)C(C)C. The Bertz CT molecular complexity index is 422. The summed E-state index contributed by atoms with van der Waals surface area (Å²) in [5.41, 5.74) is 11.4. The molecule has 0 spiro atoms. The van der Waals surface area contributed by atoms with Gasteiger partial charge in [-0.3, -0.25) is 10.1 Å². The number of methoxy groups -OCH3 is 1. The van der Waals surface area contributed by atoms with E-state index in [2.05, 4.69) is 5.32 Å². The van der Waals surface area contributed by atoms with E-state index in [-0.39, 0.29) is 5.92 Å². The third-order valence-electron chi connectivity index (χ3n) is 3.52. The highest BCUT2D eigenvalue weighted by Gasteiger charge is 2.43. The van der Waals surface area contributed by atoms with Crippen LogP contribution in [0.3, 0.4) is 0 Å². The van der Waals surface area contributed by atoms with Crippen LogP contribution in [0.2, 0.25) is 0 Å². The minimum Gasteiger partial charge on any atom is -0.366 e. The Kier molecular flexibility index (Phi) is 6.13. The zero-order valence-electron chi connectivity index (χ0n) is 12.4. The summed E-state index contributed by atoms with van der Waals surface area (Å²) >= 11 is 0. The zero-order valence-corrected chi connectivity index (χ0v) is 12.4. The fraction of sp³-hybridized carbons (Fsp3) is 0.533. The van der Waals surface area contributed by atoms with Crippen molar-refractivity contribution >= 4 is 5.91 Å². The topological polar surface area (TPSA) is 90.4 Å². The average Bonchev–Trinajstić information content (AvgIpc) is 2.44. The molecule has 112 valence electrons. The predicted molar refractivity (Wildman–Crippen MR) is 79.9 cm³/mol. The van der Waals surface area contributed by atoms with Gasteiger partial charge in [-0.1, -0.05) is 44.2 Å². The number of hydrogen-bond donors (Lipinski definition) is 3. The van der Waals surface area contributed by atoms with Crippen LogP contribution < -0.4 is 16.8 Å². The quantitative estimate of drug-likeness (QED) is 0.609. The molecule has 0 radical (unpaired) electrons. The second kappa shape index (κ2) is 7.38. The maximum Gasteiger partial charge on any atom is 0.266 e. The molecular formula is C15H25N3O2. The molecule has 5 heteroatoms. The standard InChI is InChI=1S/C15H25N3O2/c1-11(2)13(16)15(20-3,14(17)19)18-10-9-12-7-5-4-6-8-12/h4-8,11,13,18H,9-10,16H2,1-3H3,(H2,17,19). The predicted octanol–water partition coefficient (Wildman–Crippen LogP) is 0.630. The lowest BCUT2D eigenvalue weighted by Crippen LogP contribution is -2.68. The van der Waals surface area contributed by atoms with Crippen molar-refractivity contribution in [2.24, 2.45) is 17.4 Å². The molecule has 5 N–H and O–H groups in total. The molecule has 0 aliphatic heterocycles. The monoisotopic (exact) mass is 279 g/mol. The molecule has 0 saturated heterocycles. The van der Waals surface area contributed by atoms with Crippen LogP contribution in [-0.2, 0) is 16.0 Å². The highest BCUT2D eigenvalue weighted by Crippen LogP contribution is 2.17. The third-order valence-corrected chi connectivity index (χ3v) is 3.52. The molecule has 0 aromatic heterocycles. The van der Waals surface area contributed by atoms with Gasteiger partial charge in [0.1, 0.15) is 0 Å². The minimum atomic E-state index is -1.33. The summed E-state index contributed by atoms with van der Waals surface area (Å²) in [6, 6.07) is 9.47. The van der Waals surface area contributed by atoms with Gasteiger partial charge in [0.25, 0.3) is 5.91 Å². The van der Waals surface area contributed by atoms with E-state index in [1.54, 1.807) is 0 Å². The Morgan fingerprint density at radius 3 is 2.40 bits per heavy atom. The number of carbonyl (C=O) groups excluding carboxylic acids is 1. The van der Waals surface area contributed by atoms with Crippen molar-refractivity contribution in [3.05, 3.63) is 35.9 Å². The van der Waals surface area contributed by atoms with Gasteiger partial charge in [-0.15, -0.1) is 0 Å². The lowest BCUT2D eigenvalue weighted by Gasteiger charge is -2.37. The highest BCUT2D eigenvalue weighted by atomic mass is 16.5. The Labute approximate surface area is 120 Å². The molecule has 1 aromatic carbocycles. The molecule has 1 aromatic rings. The van der Waals surface area contributed by atoms with Crippen LogP contribution >= 0.6 is 0 Å². The average molecular weight is 279 g/mol. The Morgan fingerprint density at radius 1 is 1.35 bits per heavy atom. The number of ether oxygens (including phenoxy) is 1. The lowest BCUT2D eigenvalue weighted by molar-refractivity contribution is -0.149. The first-order valence-electron chi connectivity index (χ1n) is 6.83. The number of hydrogen-bond acceptors (Lipinski definition) is 4. The van der Waals surface area contributed by atoms with Crippen LogP contribution in [-0.4, -0.2) is 31.3 Å². The second-order valence-electron chi connectivity index (χ2n) is 5.24. The number of primary amides is 1. The van der Waals surface area contributed by atoms with Crippen molar-refractivity contribution in [1.29, 1.82) is 0 Å². The van der Waals surface area contributed by atoms with Crippen LogP contribution in [0.1, 0.15) is 19.4 Å². The van der Waals surface area contributed by atoms with E-state index in [1.807, 2.05) is 44.2 Å². The summed E-state index contributed by atoms with van der Waals surface area (Å²) in [4.78, 5) is 11.8. The molecule has 0 fully saturated rings. The molecule has 1 amide bonds. The molecule has 0 saturated carbocycles. The molecule has 20 heavy (non-hydrogen) atoms. The molecular weight excluding hydrogens is 254 g/mol. The summed E-state index contributed by atoms with van der Waals surface area (Å²) in [6.07, 6.45) is 0.768. The third kappa shape index (κ3) is 3.79. The summed E-state index contributed by atoms with van der Waals surface area (Å²) in [6.45, 7) is 4.42. The summed E-state index contributed by atoms with van der Waals surface area (Å²) in [7, 11) is 1.45. The number of nitrogens with two attached hydrogens (primary N) is 2. The van der Waals surface area contributed by atoms with Crippen LogP contribution in [0, 0.1) is 5.92 Å². The fourth-order valence-corrected chi connectivity index (χ4v) is 2.18.